The van der Waals surface area contributed by atoms with E-state index in [0.29, 0.717) is 6.61 Å². The van der Waals surface area contributed by atoms with Gasteiger partial charge in [0.2, 0.25) is 0 Å². The summed E-state index contributed by atoms with van der Waals surface area (Å²) in [6.45, 7) is 7.88. The average Bonchev–Trinajstić information content (AvgIpc) is 2.40. The highest BCUT2D eigenvalue weighted by Gasteiger charge is 2.23. The van der Waals surface area contributed by atoms with Gasteiger partial charge in [-0.3, -0.25) is 0 Å². The van der Waals surface area contributed by atoms with Crippen molar-refractivity contribution in [3.05, 3.63) is 26.7 Å². The largest absolute Gasteiger partial charge is 0.496 e. The van der Waals surface area contributed by atoms with Crippen LogP contribution < -0.4 is 10.1 Å². The first kappa shape index (κ1) is 16.5. The monoisotopic (exact) mass is 329 g/mol. The average molecular weight is 330 g/mol. The molecule has 0 radical (unpaired) electrons. The first-order chi connectivity index (χ1) is 8.99. The first-order valence-corrected chi connectivity index (χ1v) is 7.25. The molecule has 1 aromatic rings. The first-order valence-electron chi connectivity index (χ1n) is 6.46. The van der Waals surface area contributed by atoms with E-state index in [9.17, 15) is 0 Å². The molecule has 0 saturated carbocycles. The van der Waals surface area contributed by atoms with E-state index in [4.69, 9.17) is 9.47 Å². The SMILES string of the molecule is CNCC(COC)c1c(C)c(Br)c(C)c(C)c1OC. The molecular formula is C15H24BrNO2. The van der Waals surface area contributed by atoms with Gasteiger partial charge in [-0.15, -0.1) is 0 Å². The number of hydrogen-bond acceptors (Lipinski definition) is 3. The van der Waals surface area contributed by atoms with E-state index >= 15 is 0 Å². The third-order valence-electron chi connectivity index (χ3n) is 3.64. The fourth-order valence-electron chi connectivity index (χ4n) is 2.55. The molecule has 3 nitrogen and oxygen atoms in total. The van der Waals surface area contributed by atoms with Crippen LogP contribution in [0.15, 0.2) is 4.47 Å². The summed E-state index contributed by atoms with van der Waals surface area (Å²) < 4.78 is 12.2. The molecule has 1 unspecified atom stereocenters. The van der Waals surface area contributed by atoms with Gasteiger partial charge in [0.05, 0.1) is 13.7 Å². The van der Waals surface area contributed by atoms with Crippen molar-refractivity contribution in [1.82, 2.24) is 5.32 Å². The molecule has 1 N–H and O–H groups in total. The summed E-state index contributed by atoms with van der Waals surface area (Å²) >= 11 is 3.70. The van der Waals surface area contributed by atoms with Gasteiger partial charge in [-0.2, -0.15) is 0 Å². The summed E-state index contributed by atoms with van der Waals surface area (Å²) in [5.41, 5.74) is 4.89. The maximum absolute atomic E-state index is 5.66. The van der Waals surface area contributed by atoms with Gasteiger partial charge >= 0.3 is 0 Å². The molecule has 1 rings (SSSR count). The Morgan fingerprint density at radius 2 is 1.74 bits per heavy atom. The van der Waals surface area contributed by atoms with Crippen molar-refractivity contribution in [2.45, 2.75) is 26.7 Å². The Morgan fingerprint density at radius 3 is 2.21 bits per heavy atom. The summed E-state index contributed by atoms with van der Waals surface area (Å²) in [5.74, 6) is 1.26. The van der Waals surface area contributed by atoms with Crippen LogP contribution in [0, 0.1) is 20.8 Å². The molecule has 0 aliphatic carbocycles. The van der Waals surface area contributed by atoms with Crippen LogP contribution in [0.25, 0.3) is 0 Å². The maximum Gasteiger partial charge on any atom is 0.125 e. The van der Waals surface area contributed by atoms with Crippen LogP contribution in [0.5, 0.6) is 5.75 Å². The van der Waals surface area contributed by atoms with Gasteiger partial charge in [0.15, 0.2) is 0 Å². The Kier molecular flexibility index (Phi) is 6.30. The minimum absolute atomic E-state index is 0.278. The molecule has 0 spiro atoms. The summed E-state index contributed by atoms with van der Waals surface area (Å²) in [6, 6.07) is 0. The molecule has 0 amide bonds. The molecule has 108 valence electrons. The second-order valence-corrected chi connectivity index (χ2v) is 5.64. The minimum atomic E-state index is 0.278. The summed E-state index contributed by atoms with van der Waals surface area (Å²) in [7, 11) is 5.43. The van der Waals surface area contributed by atoms with E-state index in [1.54, 1.807) is 14.2 Å². The fourth-order valence-corrected chi connectivity index (χ4v) is 3.06. The number of ether oxygens (including phenoxy) is 2. The van der Waals surface area contributed by atoms with Crippen molar-refractivity contribution in [3.63, 3.8) is 0 Å². The molecule has 1 aromatic carbocycles. The predicted octanol–water partition coefficient (Wildman–Crippen LogP) is 3.33. The zero-order valence-electron chi connectivity index (χ0n) is 12.7. The summed E-state index contributed by atoms with van der Waals surface area (Å²) in [4.78, 5) is 0. The second kappa shape index (κ2) is 7.27. The minimum Gasteiger partial charge on any atom is -0.496 e. The van der Waals surface area contributed by atoms with Gasteiger partial charge in [-0.05, 0) is 44.5 Å². The van der Waals surface area contributed by atoms with Gasteiger partial charge in [-0.25, -0.2) is 0 Å². The number of benzene rings is 1. The Hall–Kier alpha value is -0.580. The van der Waals surface area contributed by atoms with E-state index < -0.39 is 0 Å². The summed E-state index contributed by atoms with van der Waals surface area (Å²) in [5, 5.41) is 3.23. The Labute approximate surface area is 124 Å². The zero-order valence-corrected chi connectivity index (χ0v) is 14.3. The highest BCUT2D eigenvalue weighted by Crippen LogP contribution is 2.39. The van der Waals surface area contributed by atoms with E-state index in [-0.39, 0.29) is 5.92 Å². The number of halogens is 1. The van der Waals surface area contributed by atoms with Crippen molar-refractivity contribution < 1.29 is 9.47 Å². The lowest BCUT2D eigenvalue weighted by Gasteiger charge is -2.25. The number of nitrogens with one attached hydrogen (secondary N) is 1. The van der Waals surface area contributed by atoms with Gasteiger partial charge in [0, 0.05) is 29.6 Å². The van der Waals surface area contributed by atoms with Crippen LogP contribution in [-0.2, 0) is 4.74 Å². The molecular weight excluding hydrogens is 306 g/mol. The molecule has 0 aromatic heterocycles. The highest BCUT2D eigenvalue weighted by atomic mass is 79.9. The van der Waals surface area contributed by atoms with Crippen molar-refractivity contribution in [3.8, 4) is 5.75 Å². The van der Waals surface area contributed by atoms with Crippen LogP contribution in [-0.4, -0.2) is 34.4 Å². The molecule has 0 aliphatic heterocycles. The molecule has 0 saturated heterocycles. The van der Waals surface area contributed by atoms with Crippen LogP contribution >= 0.6 is 15.9 Å². The standard InChI is InChI=1S/C15H24BrNO2/c1-9-10(2)15(19-6)13(11(3)14(9)16)12(7-17-4)8-18-5/h12,17H,7-8H2,1-6H3. The quantitative estimate of drug-likeness (QED) is 0.868. The number of rotatable bonds is 6. The lowest BCUT2D eigenvalue weighted by molar-refractivity contribution is 0.177. The van der Waals surface area contributed by atoms with Crippen LogP contribution in [0.3, 0.4) is 0 Å². The van der Waals surface area contributed by atoms with Crippen LogP contribution in [0.2, 0.25) is 0 Å². The molecule has 0 aliphatic rings. The smallest absolute Gasteiger partial charge is 0.125 e. The summed E-state index contributed by atoms with van der Waals surface area (Å²) in [6.07, 6.45) is 0. The van der Waals surface area contributed by atoms with Gasteiger partial charge in [-0.1, -0.05) is 15.9 Å². The van der Waals surface area contributed by atoms with Gasteiger partial charge in [0.25, 0.3) is 0 Å². The van der Waals surface area contributed by atoms with Gasteiger partial charge in [0.1, 0.15) is 5.75 Å². The van der Waals surface area contributed by atoms with E-state index in [2.05, 4.69) is 42.0 Å². The zero-order chi connectivity index (χ0) is 14.6. The van der Waals surface area contributed by atoms with E-state index in [1.165, 1.54) is 22.3 Å². The Balaban J connectivity index is 3.46. The molecule has 4 heteroatoms. The van der Waals surface area contributed by atoms with Crippen molar-refractivity contribution in [2.75, 3.05) is 34.4 Å². The molecule has 0 heterocycles. The third-order valence-corrected chi connectivity index (χ3v) is 4.83. The second-order valence-electron chi connectivity index (χ2n) is 4.85. The molecule has 0 bridgehead atoms. The fraction of sp³-hybridized carbons (Fsp3) is 0.600. The lowest BCUT2D eigenvalue weighted by Crippen LogP contribution is -2.23. The number of methoxy groups -OCH3 is 2. The molecule has 0 fully saturated rings. The Morgan fingerprint density at radius 1 is 1.11 bits per heavy atom. The predicted molar refractivity (Wildman–Crippen MR) is 83.4 cm³/mol. The highest BCUT2D eigenvalue weighted by molar-refractivity contribution is 9.10. The number of hydrogen-bond donors (Lipinski definition) is 1. The van der Waals surface area contributed by atoms with Gasteiger partial charge < -0.3 is 14.8 Å². The van der Waals surface area contributed by atoms with Crippen molar-refractivity contribution in [2.24, 2.45) is 0 Å². The topological polar surface area (TPSA) is 30.5 Å². The maximum atomic E-state index is 5.66. The van der Waals surface area contributed by atoms with Crippen molar-refractivity contribution >= 4 is 15.9 Å². The van der Waals surface area contributed by atoms with E-state index in [0.717, 1.165) is 16.8 Å². The van der Waals surface area contributed by atoms with E-state index in [1.807, 2.05) is 7.05 Å². The lowest BCUT2D eigenvalue weighted by atomic mass is 9.90. The normalized spacial score (nSPS) is 12.6. The van der Waals surface area contributed by atoms with Crippen LogP contribution in [0.1, 0.15) is 28.2 Å². The van der Waals surface area contributed by atoms with Crippen molar-refractivity contribution in [1.29, 1.82) is 0 Å². The molecule has 1 atom stereocenters. The Bertz CT molecular complexity index is 441. The third kappa shape index (κ3) is 3.30. The number of likely N-dealkylation sites (N-methyl/N-ethyl adjacent to an activating group) is 1. The molecule has 19 heavy (non-hydrogen) atoms. The van der Waals surface area contributed by atoms with Crippen LogP contribution in [0.4, 0.5) is 0 Å².